The summed E-state index contributed by atoms with van der Waals surface area (Å²) < 4.78 is 27.3. The fourth-order valence-corrected chi connectivity index (χ4v) is 3.25. The van der Waals surface area contributed by atoms with E-state index in [2.05, 4.69) is 11.6 Å². The van der Waals surface area contributed by atoms with Crippen molar-refractivity contribution >= 4 is 23.1 Å². The third-order valence-electron chi connectivity index (χ3n) is 3.37. The van der Waals surface area contributed by atoms with Crippen LogP contribution in [0.5, 0.6) is 0 Å². The Morgan fingerprint density at radius 2 is 1.94 bits per heavy atom. The molecular weight excluding hydrogens is 254 g/mol. The highest BCUT2D eigenvalue weighted by Gasteiger charge is 2.23. The summed E-state index contributed by atoms with van der Waals surface area (Å²) in [5, 5.41) is 3.57. The molecule has 2 rings (SSSR count). The number of anilines is 2. The van der Waals surface area contributed by atoms with Gasteiger partial charge in [-0.15, -0.1) is 0 Å². The second-order valence-corrected chi connectivity index (χ2v) is 5.86. The van der Waals surface area contributed by atoms with Gasteiger partial charge in [0.25, 0.3) is 0 Å². The summed E-state index contributed by atoms with van der Waals surface area (Å²) in [6, 6.07) is 2.45. The Balaban J connectivity index is 2.09. The number of benzene rings is 1. The van der Waals surface area contributed by atoms with Gasteiger partial charge in [-0.05, 0) is 37.7 Å². The Kier molecular flexibility index (Phi) is 4.32. The molecule has 1 aliphatic carbocycles. The zero-order valence-electron chi connectivity index (χ0n) is 10.4. The van der Waals surface area contributed by atoms with E-state index in [-0.39, 0.29) is 17.4 Å². The van der Waals surface area contributed by atoms with Crippen molar-refractivity contribution in [2.75, 3.05) is 17.3 Å². The second-order valence-electron chi connectivity index (χ2n) is 4.73. The molecular formula is C13H18F2N2S. The number of nitrogen functional groups attached to an aromatic ring is 1. The van der Waals surface area contributed by atoms with Crippen LogP contribution in [-0.4, -0.2) is 17.5 Å². The van der Waals surface area contributed by atoms with E-state index in [1.807, 2.05) is 11.8 Å². The van der Waals surface area contributed by atoms with Crippen molar-refractivity contribution in [2.24, 2.45) is 0 Å². The maximum Gasteiger partial charge on any atom is 0.151 e. The van der Waals surface area contributed by atoms with Gasteiger partial charge in [0.2, 0.25) is 0 Å². The van der Waals surface area contributed by atoms with E-state index >= 15 is 0 Å². The highest BCUT2D eigenvalue weighted by Crippen LogP contribution is 2.30. The van der Waals surface area contributed by atoms with Gasteiger partial charge in [-0.1, -0.05) is 6.42 Å². The fraction of sp³-hybridized carbons (Fsp3) is 0.538. The molecule has 0 heterocycles. The Hall–Kier alpha value is -0.970. The number of hydrogen-bond donors (Lipinski definition) is 2. The highest BCUT2D eigenvalue weighted by atomic mass is 32.2. The molecule has 1 saturated carbocycles. The van der Waals surface area contributed by atoms with E-state index in [1.165, 1.54) is 6.42 Å². The van der Waals surface area contributed by atoms with Crippen LogP contribution in [0.25, 0.3) is 0 Å². The topological polar surface area (TPSA) is 38.0 Å². The SMILES string of the molecule is CSC1CCCC(Nc2c(F)cc(N)cc2F)C1. The lowest BCUT2D eigenvalue weighted by Gasteiger charge is -2.29. The summed E-state index contributed by atoms with van der Waals surface area (Å²) in [6.45, 7) is 0. The number of nitrogens with two attached hydrogens (primary N) is 1. The first-order valence-corrected chi connectivity index (χ1v) is 7.42. The van der Waals surface area contributed by atoms with Crippen LogP contribution in [-0.2, 0) is 0 Å². The van der Waals surface area contributed by atoms with Crippen LogP contribution in [0.15, 0.2) is 12.1 Å². The molecule has 0 amide bonds. The van der Waals surface area contributed by atoms with E-state index in [0.717, 1.165) is 31.4 Å². The van der Waals surface area contributed by atoms with Crippen molar-refractivity contribution < 1.29 is 8.78 Å². The Morgan fingerprint density at radius 3 is 2.56 bits per heavy atom. The third kappa shape index (κ3) is 3.07. The normalized spacial score (nSPS) is 23.9. The summed E-state index contributed by atoms with van der Waals surface area (Å²) in [5.41, 5.74) is 5.46. The molecule has 2 unspecified atom stereocenters. The van der Waals surface area contributed by atoms with Crippen molar-refractivity contribution in [3.05, 3.63) is 23.8 Å². The molecule has 100 valence electrons. The van der Waals surface area contributed by atoms with Crippen LogP contribution in [0, 0.1) is 11.6 Å². The number of halogens is 2. The lowest BCUT2D eigenvalue weighted by atomic mass is 9.94. The van der Waals surface area contributed by atoms with Crippen molar-refractivity contribution in [2.45, 2.75) is 37.0 Å². The van der Waals surface area contributed by atoms with E-state index in [0.29, 0.717) is 5.25 Å². The van der Waals surface area contributed by atoms with Crippen molar-refractivity contribution in [3.8, 4) is 0 Å². The largest absolute Gasteiger partial charge is 0.399 e. The van der Waals surface area contributed by atoms with Gasteiger partial charge in [-0.2, -0.15) is 11.8 Å². The number of hydrogen-bond acceptors (Lipinski definition) is 3. The molecule has 0 bridgehead atoms. The smallest absolute Gasteiger partial charge is 0.151 e. The number of thioether (sulfide) groups is 1. The average Bonchev–Trinajstić information content (AvgIpc) is 2.34. The van der Waals surface area contributed by atoms with Gasteiger partial charge in [0.05, 0.1) is 0 Å². The molecule has 18 heavy (non-hydrogen) atoms. The quantitative estimate of drug-likeness (QED) is 0.825. The zero-order chi connectivity index (χ0) is 13.1. The molecule has 2 nitrogen and oxygen atoms in total. The molecule has 0 aromatic heterocycles. The van der Waals surface area contributed by atoms with Crippen LogP contribution < -0.4 is 11.1 Å². The Morgan fingerprint density at radius 1 is 1.28 bits per heavy atom. The minimum Gasteiger partial charge on any atom is -0.399 e. The van der Waals surface area contributed by atoms with Crippen molar-refractivity contribution in [1.82, 2.24) is 0 Å². The van der Waals surface area contributed by atoms with Crippen LogP contribution in [0.1, 0.15) is 25.7 Å². The van der Waals surface area contributed by atoms with Crippen molar-refractivity contribution in [3.63, 3.8) is 0 Å². The zero-order valence-corrected chi connectivity index (χ0v) is 11.2. The molecule has 5 heteroatoms. The van der Waals surface area contributed by atoms with Gasteiger partial charge in [-0.25, -0.2) is 8.78 Å². The maximum absolute atomic E-state index is 13.7. The van der Waals surface area contributed by atoms with Gasteiger partial charge < -0.3 is 11.1 Å². The minimum absolute atomic E-state index is 0.0454. The first-order valence-electron chi connectivity index (χ1n) is 6.14. The van der Waals surface area contributed by atoms with Gasteiger partial charge in [0.15, 0.2) is 11.6 Å². The molecule has 1 aromatic carbocycles. The molecule has 0 spiro atoms. The van der Waals surface area contributed by atoms with Gasteiger partial charge in [0.1, 0.15) is 5.69 Å². The molecule has 0 aliphatic heterocycles. The lowest BCUT2D eigenvalue weighted by molar-refractivity contribution is 0.468. The van der Waals surface area contributed by atoms with Crippen LogP contribution >= 0.6 is 11.8 Å². The number of rotatable bonds is 3. The molecule has 0 radical (unpaired) electrons. The lowest BCUT2D eigenvalue weighted by Crippen LogP contribution is -2.29. The summed E-state index contributed by atoms with van der Waals surface area (Å²) in [5.74, 6) is -1.22. The van der Waals surface area contributed by atoms with E-state index in [1.54, 1.807) is 0 Å². The Labute approximate surface area is 110 Å². The first kappa shape index (κ1) is 13.5. The summed E-state index contributed by atoms with van der Waals surface area (Å²) in [4.78, 5) is 0. The molecule has 1 aliphatic rings. The summed E-state index contributed by atoms with van der Waals surface area (Å²) >= 11 is 1.82. The van der Waals surface area contributed by atoms with Gasteiger partial charge in [-0.3, -0.25) is 0 Å². The second kappa shape index (κ2) is 5.78. The van der Waals surface area contributed by atoms with Crippen LogP contribution in [0.3, 0.4) is 0 Å². The van der Waals surface area contributed by atoms with E-state index in [9.17, 15) is 8.78 Å². The maximum atomic E-state index is 13.7. The monoisotopic (exact) mass is 272 g/mol. The van der Waals surface area contributed by atoms with Gasteiger partial charge in [0, 0.05) is 17.0 Å². The first-order chi connectivity index (χ1) is 8.60. The average molecular weight is 272 g/mol. The van der Waals surface area contributed by atoms with Crippen LogP contribution in [0.4, 0.5) is 20.2 Å². The number of nitrogens with one attached hydrogen (secondary N) is 1. The third-order valence-corrected chi connectivity index (χ3v) is 4.47. The molecule has 0 saturated heterocycles. The minimum atomic E-state index is -0.612. The molecule has 1 aromatic rings. The Bertz CT molecular complexity index is 402. The standard InChI is InChI=1S/C13H18F2N2S/c1-18-10-4-2-3-9(7-10)17-13-11(14)5-8(16)6-12(13)15/h5-6,9-10,17H,2-4,7,16H2,1H3. The molecule has 1 fully saturated rings. The predicted octanol–water partition coefficient (Wildman–Crippen LogP) is 3.63. The fourth-order valence-electron chi connectivity index (χ4n) is 2.42. The summed E-state index contributed by atoms with van der Waals surface area (Å²) in [6.07, 6.45) is 6.27. The van der Waals surface area contributed by atoms with E-state index < -0.39 is 11.6 Å². The van der Waals surface area contributed by atoms with Crippen LogP contribution in [0.2, 0.25) is 0 Å². The molecule has 3 N–H and O–H groups in total. The highest BCUT2D eigenvalue weighted by molar-refractivity contribution is 7.99. The summed E-state index contributed by atoms with van der Waals surface area (Å²) in [7, 11) is 0. The van der Waals surface area contributed by atoms with E-state index in [4.69, 9.17) is 5.73 Å². The molecule has 2 atom stereocenters. The predicted molar refractivity (Wildman–Crippen MR) is 74.0 cm³/mol. The van der Waals surface area contributed by atoms with Gasteiger partial charge >= 0.3 is 0 Å². The van der Waals surface area contributed by atoms with Crippen molar-refractivity contribution in [1.29, 1.82) is 0 Å².